The molecule has 0 amide bonds. The molecule has 0 saturated carbocycles. The molecule has 2 aromatic heterocycles. The zero-order valence-electron chi connectivity index (χ0n) is 22.2. The van der Waals surface area contributed by atoms with Crippen LogP contribution in [-0.2, 0) is 19.1 Å². The Bertz CT molecular complexity index is 936. The fourth-order valence-corrected chi connectivity index (χ4v) is 3.18. The highest BCUT2D eigenvalue weighted by Crippen LogP contribution is 2.28. The Morgan fingerprint density at radius 3 is 1.89 bits per heavy atom. The predicted molar refractivity (Wildman–Crippen MR) is 138 cm³/mol. The van der Waals surface area contributed by atoms with Gasteiger partial charge in [-0.15, -0.1) is 0 Å². The number of aromatic nitrogens is 2. The number of hydrogen-bond donors (Lipinski definition) is 3. The van der Waals surface area contributed by atoms with E-state index in [1.165, 1.54) is 20.3 Å². The number of methoxy groups -OCH3 is 2. The molecule has 2 aromatic rings. The first-order valence-corrected chi connectivity index (χ1v) is 12.9. The number of aromatic amines is 1. The molecule has 0 spiro atoms. The van der Waals surface area contributed by atoms with E-state index in [4.69, 9.17) is 28.7 Å². The molecule has 13 heteroatoms. The third kappa shape index (κ3) is 12.9. The number of alkyl halides is 1. The standard InChI is InChI=1S/C12H19NO5.C9H13NO4.C3H7BrO/c1-8(2)11(12(15)16-3)9-7-10(13-18-9)17-6-4-5-14;1-5(2)8(9(12)13-3)6-4-7(11)10-14-6;4-2-1-3-5/h7-8,11,14H,4-6H2,1-3H3;4-5,8H,1-3H3,(H,10,11);5H,1-3H2. The number of rotatable bonds is 12. The topological polar surface area (TPSA) is 174 Å². The van der Waals surface area contributed by atoms with Crippen molar-refractivity contribution in [1.82, 2.24) is 10.3 Å². The molecule has 2 unspecified atom stereocenters. The van der Waals surface area contributed by atoms with Gasteiger partial charge in [-0.2, -0.15) is 5.16 Å². The first-order valence-electron chi connectivity index (χ1n) is 11.8. The predicted octanol–water partition coefficient (Wildman–Crippen LogP) is 2.99. The third-order valence-corrected chi connectivity index (χ3v) is 5.31. The molecule has 2 heterocycles. The number of esters is 2. The summed E-state index contributed by atoms with van der Waals surface area (Å²) in [5, 5.41) is 23.4. The van der Waals surface area contributed by atoms with Crippen LogP contribution in [0.1, 0.15) is 63.9 Å². The number of ether oxygens (including phenoxy) is 3. The normalized spacial score (nSPS) is 12.1. The third-order valence-electron chi connectivity index (χ3n) is 4.75. The van der Waals surface area contributed by atoms with E-state index in [-0.39, 0.29) is 30.0 Å². The number of carbonyl (C=O) groups excluding carboxylic acids is 2. The van der Waals surface area contributed by atoms with Crippen LogP contribution in [0, 0.1) is 11.8 Å². The van der Waals surface area contributed by atoms with Crippen LogP contribution in [0.15, 0.2) is 26.0 Å². The van der Waals surface area contributed by atoms with Gasteiger partial charge in [0.25, 0.3) is 11.4 Å². The van der Waals surface area contributed by atoms with E-state index in [1.807, 2.05) is 27.7 Å². The molecular weight excluding hydrogens is 556 g/mol. The van der Waals surface area contributed by atoms with E-state index in [9.17, 15) is 14.4 Å². The van der Waals surface area contributed by atoms with Crippen molar-refractivity contribution in [1.29, 1.82) is 0 Å². The summed E-state index contributed by atoms with van der Waals surface area (Å²) in [4.78, 5) is 33.8. The Kier molecular flexibility index (Phi) is 18.1. The Morgan fingerprint density at radius 1 is 0.973 bits per heavy atom. The van der Waals surface area contributed by atoms with Crippen molar-refractivity contribution in [2.45, 2.75) is 52.4 Å². The number of nitrogens with one attached hydrogen (secondary N) is 1. The number of aliphatic hydroxyl groups is 2. The van der Waals surface area contributed by atoms with Crippen molar-refractivity contribution in [3.05, 3.63) is 34.0 Å². The van der Waals surface area contributed by atoms with Gasteiger partial charge in [0, 0.05) is 37.1 Å². The number of carbonyl (C=O) groups is 2. The Morgan fingerprint density at radius 2 is 1.51 bits per heavy atom. The van der Waals surface area contributed by atoms with Crippen molar-refractivity contribution in [3.8, 4) is 5.88 Å². The van der Waals surface area contributed by atoms with E-state index in [1.54, 1.807) is 6.07 Å². The lowest BCUT2D eigenvalue weighted by Gasteiger charge is -2.14. The van der Waals surface area contributed by atoms with Gasteiger partial charge in [-0.25, -0.2) is 0 Å². The largest absolute Gasteiger partial charge is 0.475 e. The van der Waals surface area contributed by atoms with Crippen molar-refractivity contribution < 1.29 is 43.1 Å². The minimum Gasteiger partial charge on any atom is -0.475 e. The highest BCUT2D eigenvalue weighted by molar-refractivity contribution is 9.09. The minimum absolute atomic E-state index is 0.0152. The van der Waals surface area contributed by atoms with Crippen LogP contribution in [-0.4, -0.2) is 71.8 Å². The summed E-state index contributed by atoms with van der Waals surface area (Å²) in [5.41, 5.74) is -0.352. The summed E-state index contributed by atoms with van der Waals surface area (Å²) in [6.07, 6.45) is 1.38. The maximum atomic E-state index is 11.6. The van der Waals surface area contributed by atoms with Gasteiger partial charge in [0.15, 0.2) is 11.5 Å². The lowest BCUT2D eigenvalue weighted by molar-refractivity contribution is -0.145. The van der Waals surface area contributed by atoms with E-state index >= 15 is 0 Å². The summed E-state index contributed by atoms with van der Waals surface area (Å²) in [5.74, 6) is -0.666. The summed E-state index contributed by atoms with van der Waals surface area (Å²) in [6.45, 7) is 8.22. The molecule has 212 valence electrons. The van der Waals surface area contributed by atoms with Crippen molar-refractivity contribution in [2.24, 2.45) is 11.8 Å². The van der Waals surface area contributed by atoms with E-state index < -0.39 is 17.8 Å². The molecule has 0 aliphatic heterocycles. The van der Waals surface area contributed by atoms with Gasteiger partial charge in [0.1, 0.15) is 11.8 Å². The molecule has 2 rings (SSSR count). The minimum atomic E-state index is -0.529. The zero-order valence-corrected chi connectivity index (χ0v) is 23.8. The Balaban J connectivity index is 0.000000605. The van der Waals surface area contributed by atoms with Gasteiger partial charge in [0.05, 0.1) is 20.8 Å². The first-order chi connectivity index (χ1) is 17.6. The molecule has 0 aliphatic rings. The molecule has 37 heavy (non-hydrogen) atoms. The molecule has 0 fully saturated rings. The van der Waals surface area contributed by atoms with Gasteiger partial charge < -0.3 is 33.5 Å². The first kappa shape index (κ1) is 34.4. The van der Waals surface area contributed by atoms with Crippen molar-refractivity contribution >= 4 is 27.9 Å². The van der Waals surface area contributed by atoms with Gasteiger partial charge in [-0.05, 0) is 23.4 Å². The molecule has 2 atom stereocenters. The molecule has 0 radical (unpaired) electrons. The monoisotopic (exact) mass is 594 g/mol. The van der Waals surface area contributed by atoms with E-state index in [0.717, 1.165) is 11.8 Å². The molecule has 12 nitrogen and oxygen atoms in total. The number of nitrogens with zero attached hydrogens (tertiary/aromatic N) is 1. The maximum Gasteiger partial charge on any atom is 0.316 e. The Hall–Kier alpha value is -2.64. The molecule has 0 aliphatic carbocycles. The van der Waals surface area contributed by atoms with E-state index in [2.05, 4.69) is 31.0 Å². The number of halogens is 1. The Labute approximate surface area is 224 Å². The second kappa shape index (κ2) is 19.5. The number of H-pyrrole nitrogens is 1. The second-order valence-corrected chi connectivity index (χ2v) is 9.16. The molecular formula is C24H39BrN2O10. The molecule has 0 saturated heterocycles. The highest BCUT2D eigenvalue weighted by Gasteiger charge is 2.30. The fourth-order valence-electron chi connectivity index (χ4n) is 2.93. The van der Waals surface area contributed by atoms with Crippen LogP contribution in [0.4, 0.5) is 0 Å². The SMILES string of the molecule is COC(=O)C(c1cc(=O)[nH]o1)C(C)C.COC(=O)C(c1cc(OCCCO)no1)C(C)C.OCCCBr. The molecule has 0 bridgehead atoms. The summed E-state index contributed by atoms with van der Waals surface area (Å²) >= 11 is 3.15. The van der Waals surface area contributed by atoms with Crippen LogP contribution in [0.25, 0.3) is 0 Å². The average molecular weight is 595 g/mol. The van der Waals surface area contributed by atoms with Gasteiger partial charge in [-0.1, -0.05) is 43.6 Å². The number of aliphatic hydroxyl groups excluding tert-OH is 2. The van der Waals surface area contributed by atoms with Crippen LogP contribution in [0.3, 0.4) is 0 Å². The number of hydrogen-bond acceptors (Lipinski definition) is 11. The second-order valence-electron chi connectivity index (χ2n) is 8.36. The quantitative estimate of drug-likeness (QED) is 0.187. The maximum absolute atomic E-state index is 11.6. The van der Waals surface area contributed by atoms with Crippen LogP contribution >= 0.6 is 15.9 Å². The van der Waals surface area contributed by atoms with Gasteiger partial charge >= 0.3 is 11.9 Å². The lowest BCUT2D eigenvalue weighted by Crippen LogP contribution is -2.19. The molecule has 0 aromatic carbocycles. The van der Waals surface area contributed by atoms with Crippen LogP contribution in [0.2, 0.25) is 0 Å². The lowest BCUT2D eigenvalue weighted by atomic mass is 9.93. The smallest absolute Gasteiger partial charge is 0.316 e. The molecule has 3 N–H and O–H groups in total. The summed E-state index contributed by atoms with van der Waals surface area (Å²) < 4.78 is 24.6. The van der Waals surface area contributed by atoms with E-state index in [0.29, 0.717) is 37.0 Å². The average Bonchev–Trinajstić information content (AvgIpc) is 3.49. The zero-order chi connectivity index (χ0) is 28.4. The van der Waals surface area contributed by atoms with Crippen LogP contribution in [0.5, 0.6) is 5.88 Å². The fraction of sp³-hybridized carbons (Fsp3) is 0.667. The summed E-state index contributed by atoms with van der Waals surface area (Å²) in [7, 11) is 2.65. The van der Waals surface area contributed by atoms with Gasteiger partial charge in [0.2, 0.25) is 0 Å². The van der Waals surface area contributed by atoms with Crippen LogP contribution < -0.4 is 10.3 Å². The van der Waals surface area contributed by atoms with Gasteiger partial charge in [-0.3, -0.25) is 14.4 Å². The summed E-state index contributed by atoms with van der Waals surface area (Å²) in [6, 6.07) is 2.85. The highest BCUT2D eigenvalue weighted by atomic mass is 79.9. The van der Waals surface area contributed by atoms with Crippen molar-refractivity contribution in [2.75, 3.05) is 39.4 Å². The van der Waals surface area contributed by atoms with Crippen molar-refractivity contribution in [3.63, 3.8) is 0 Å².